The molecule has 7 heteroatoms. The Morgan fingerprint density at radius 2 is 2.00 bits per heavy atom. The van der Waals surface area contributed by atoms with Crippen LogP contribution in [-0.2, 0) is 9.47 Å². The van der Waals surface area contributed by atoms with Gasteiger partial charge in [0.1, 0.15) is 0 Å². The summed E-state index contributed by atoms with van der Waals surface area (Å²) in [5, 5.41) is 0.944. The maximum absolute atomic E-state index is 11.8. The summed E-state index contributed by atoms with van der Waals surface area (Å²) in [6.45, 7) is 4.55. The normalized spacial score (nSPS) is 20.5. The van der Waals surface area contributed by atoms with E-state index < -0.39 is 5.79 Å². The Kier molecular flexibility index (Phi) is 3.51. The van der Waals surface area contributed by atoms with Gasteiger partial charge in [-0.3, -0.25) is 9.78 Å². The molecule has 2 aromatic rings. The van der Waals surface area contributed by atoms with Crippen LogP contribution in [0.3, 0.4) is 0 Å². The standard InChI is InChI=1S/C16H19N3O3S/c1-10(20)15-14(17)13-11(8-18-9-12(13)23-15)19-4-2-16(3-5-19)21-6-7-22-16/h8-9H,2-7,17H2,1H3. The quantitative estimate of drug-likeness (QED) is 0.851. The van der Waals surface area contributed by atoms with Gasteiger partial charge in [-0.15, -0.1) is 11.3 Å². The van der Waals surface area contributed by atoms with Gasteiger partial charge in [-0.2, -0.15) is 0 Å². The summed E-state index contributed by atoms with van der Waals surface area (Å²) < 4.78 is 12.5. The lowest BCUT2D eigenvalue weighted by atomic mass is 10.0. The van der Waals surface area contributed by atoms with Crippen molar-refractivity contribution in [2.24, 2.45) is 0 Å². The van der Waals surface area contributed by atoms with Crippen molar-refractivity contribution in [3.05, 3.63) is 17.3 Å². The molecule has 2 fully saturated rings. The van der Waals surface area contributed by atoms with Crippen LogP contribution in [0.4, 0.5) is 11.4 Å². The Hall–Kier alpha value is -1.70. The van der Waals surface area contributed by atoms with E-state index in [1.807, 2.05) is 6.20 Å². The zero-order valence-corrected chi connectivity index (χ0v) is 13.8. The molecule has 2 aliphatic heterocycles. The predicted molar refractivity (Wildman–Crippen MR) is 90.1 cm³/mol. The molecule has 1 spiro atoms. The minimum atomic E-state index is -0.400. The fraction of sp³-hybridized carbons (Fsp3) is 0.500. The van der Waals surface area contributed by atoms with Crippen molar-refractivity contribution < 1.29 is 14.3 Å². The molecule has 6 nitrogen and oxygen atoms in total. The van der Waals surface area contributed by atoms with Crippen LogP contribution in [0.25, 0.3) is 10.1 Å². The first-order valence-corrected chi connectivity index (χ1v) is 8.61. The van der Waals surface area contributed by atoms with Gasteiger partial charge in [-0.1, -0.05) is 0 Å². The SMILES string of the molecule is CC(=O)c1sc2cncc(N3CCC4(CC3)OCCO4)c2c1N. The molecule has 2 aliphatic rings. The molecule has 2 saturated heterocycles. The van der Waals surface area contributed by atoms with E-state index in [1.54, 1.807) is 13.1 Å². The fourth-order valence-electron chi connectivity index (χ4n) is 3.43. The second-order valence-corrected chi connectivity index (χ2v) is 7.08. The van der Waals surface area contributed by atoms with Crippen LogP contribution in [0.5, 0.6) is 0 Å². The number of ketones is 1. The number of carbonyl (C=O) groups is 1. The van der Waals surface area contributed by atoms with E-state index in [4.69, 9.17) is 15.2 Å². The number of Topliss-reactive ketones (excluding diaryl/α,β-unsaturated/α-hetero) is 1. The van der Waals surface area contributed by atoms with Crippen molar-refractivity contribution in [3.63, 3.8) is 0 Å². The zero-order valence-electron chi connectivity index (χ0n) is 13.0. The summed E-state index contributed by atoms with van der Waals surface area (Å²) in [6.07, 6.45) is 5.27. The third-order valence-corrected chi connectivity index (χ3v) is 5.86. The summed E-state index contributed by atoms with van der Waals surface area (Å²) in [7, 11) is 0. The average Bonchev–Trinajstić information content (AvgIpc) is 3.13. The van der Waals surface area contributed by atoms with Crippen molar-refractivity contribution in [3.8, 4) is 0 Å². The second kappa shape index (κ2) is 5.43. The molecule has 4 heterocycles. The lowest BCUT2D eigenvalue weighted by Gasteiger charge is -2.38. The molecular weight excluding hydrogens is 314 g/mol. The number of hydrogen-bond donors (Lipinski definition) is 1. The first-order chi connectivity index (χ1) is 11.1. The Morgan fingerprint density at radius 1 is 1.30 bits per heavy atom. The highest BCUT2D eigenvalue weighted by atomic mass is 32.1. The van der Waals surface area contributed by atoms with Crippen LogP contribution in [0.15, 0.2) is 12.4 Å². The number of nitrogen functional groups attached to an aromatic ring is 1. The van der Waals surface area contributed by atoms with E-state index in [0.29, 0.717) is 23.8 Å². The van der Waals surface area contributed by atoms with Crippen LogP contribution in [0.1, 0.15) is 29.4 Å². The summed E-state index contributed by atoms with van der Waals surface area (Å²) in [5.41, 5.74) is 7.82. The Balaban J connectivity index is 1.68. The van der Waals surface area contributed by atoms with Gasteiger partial charge in [-0.05, 0) is 0 Å². The van der Waals surface area contributed by atoms with Gasteiger partial charge in [0, 0.05) is 44.4 Å². The summed E-state index contributed by atoms with van der Waals surface area (Å²) in [6, 6.07) is 0. The molecule has 0 aromatic carbocycles. The van der Waals surface area contributed by atoms with E-state index >= 15 is 0 Å². The maximum atomic E-state index is 11.8. The molecular formula is C16H19N3O3S. The molecule has 2 N–H and O–H groups in total. The smallest absolute Gasteiger partial charge is 0.171 e. The van der Waals surface area contributed by atoms with Gasteiger partial charge in [0.2, 0.25) is 0 Å². The fourth-order valence-corrected chi connectivity index (χ4v) is 4.44. The van der Waals surface area contributed by atoms with Crippen molar-refractivity contribution in [1.82, 2.24) is 4.98 Å². The highest BCUT2D eigenvalue weighted by Gasteiger charge is 2.40. The molecule has 0 aliphatic carbocycles. The van der Waals surface area contributed by atoms with E-state index in [1.165, 1.54) is 11.3 Å². The predicted octanol–water partition coefficient (Wildman–Crippen LogP) is 2.42. The number of nitrogens with two attached hydrogens (primary N) is 1. The number of nitrogens with zero attached hydrogens (tertiary/aromatic N) is 2. The molecule has 0 radical (unpaired) electrons. The van der Waals surface area contributed by atoms with Gasteiger partial charge >= 0.3 is 0 Å². The largest absolute Gasteiger partial charge is 0.397 e. The van der Waals surface area contributed by atoms with Crippen molar-refractivity contribution in [1.29, 1.82) is 0 Å². The van der Waals surface area contributed by atoms with E-state index in [-0.39, 0.29) is 5.78 Å². The Labute approximate surface area is 138 Å². The number of pyridine rings is 1. The number of aromatic nitrogens is 1. The molecule has 0 atom stereocenters. The second-order valence-electron chi connectivity index (χ2n) is 6.03. The van der Waals surface area contributed by atoms with Gasteiger partial charge in [-0.25, -0.2) is 0 Å². The monoisotopic (exact) mass is 333 g/mol. The molecule has 23 heavy (non-hydrogen) atoms. The highest BCUT2D eigenvalue weighted by Crippen LogP contribution is 2.41. The van der Waals surface area contributed by atoms with Crippen molar-refractivity contribution in [2.45, 2.75) is 25.6 Å². The van der Waals surface area contributed by atoms with Gasteiger partial charge in [0.15, 0.2) is 11.6 Å². The number of fused-ring (bicyclic) bond motifs is 1. The van der Waals surface area contributed by atoms with Crippen LogP contribution in [0.2, 0.25) is 0 Å². The third-order valence-electron chi connectivity index (χ3n) is 4.62. The van der Waals surface area contributed by atoms with E-state index in [9.17, 15) is 4.79 Å². The molecule has 0 saturated carbocycles. The van der Waals surface area contributed by atoms with E-state index in [0.717, 1.165) is 41.7 Å². The molecule has 0 unspecified atom stereocenters. The van der Waals surface area contributed by atoms with Gasteiger partial charge in [0.25, 0.3) is 0 Å². The number of thiophene rings is 1. The first kappa shape index (κ1) is 14.9. The number of rotatable bonds is 2. The number of piperidine rings is 1. The number of hydrogen-bond acceptors (Lipinski definition) is 7. The zero-order chi connectivity index (χ0) is 16.0. The Bertz CT molecular complexity index is 757. The first-order valence-electron chi connectivity index (χ1n) is 7.79. The summed E-state index contributed by atoms with van der Waals surface area (Å²) in [4.78, 5) is 19.0. The average molecular weight is 333 g/mol. The number of ether oxygens (including phenoxy) is 2. The topological polar surface area (TPSA) is 77.7 Å². The Morgan fingerprint density at radius 3 is 2.65 bits per heavy atom. The van der Waals surface area contributed by atoms with E-state index in [2.05, 4.69) is 9.88 Å². The summed E-state index contributed by atoms with van der Waals surface area (Å²) >= 11 is 1.42. The molecule has 0 amide bonds. The minimum absolute atomic E-state index is 0.00000250. The number of carbonyl (C=O) groups excluding carboxylic acids is 1. The lowest BCUT2D eigenvalue weighted by Crippen LogP contribution is -2.45. The molecule has 4 rings (SSSR count). The number of anilines is 2. The maximum Gasteiger partial charge on any atom is 0.171 e. The van der Waals surface area contributed by atoms with Crippen LogP contribution < -0.4 is 10.6 Å². The third kappa shape index (κ3) is 2.39. The van der Waals surface area contributed by atoms with Gasteiger partial charge in [0.05, 0.1) is 40.4 Å². The summed E-state index contributed by atoms with van der Waals surface area (Å²) in [5.74, 6) is -0.400. The van der Waals surface area contributed by atoms with Gasteiger partial charge < -0.3 is 20.1 Å². The van der Waals surface area contributed by atoms with Crippen LogP contribution >= 0.6 is 11.3 Å². The van der Waals surface area contributed by atoms with Crippen molar-refractivity contribution >= 4 is 38.6 Å². The highest BCUT2D eigenvalue weighted by molar-refractivity contribution is 7.21. The molecule has 0 bridgehead atoms. The van der Waals surface area contributed by atoms with Crippen molar-refractivity contribution in [2.75, 3.05) is 36.9 Å². The lowest BCUT2D eigenvalue weighted by molar-refractivity contribution is -0.169. The van der Waals surface area contributed by atoms with Crippen LogP contribution in [0, 0.1) is 0 Å². The molecule has 2 aromatic heterocycles. The molecule has 122 valence electrons. The van der Waals surface area contributed by atoms with Crippen LogP contribution in [-0.4, -0.2) is 42.9 Å². The minimum Gasteiger partial charge on any atom is -0.397 e.